The Morgan fingerprint density at radius 3 is 2.79 bits per heavy atom. The van der Waals surface area contributed by atoms with Gasteiger partial charge in [0.15, 0.2) is 10.8 Å². The Bertz CT molecular complexity index is 979. The molecular formula is C21H22FN3O3S. The number of amides is 1. The Labute approximate surface area is 172 Å². The van der Waals surface area contributed by atoms with Gasteiger partial charge in [-0.15, -0.1) is 11.3 Å². The molecule has 29 heavy (non-hydrogen) atoms. The number of thiazole rings is 1. The highest BCUT2D eigenvalue weighted by molar-refractivity contribution is 7.13. The van der Waals surface area contributed by atoms with Crippen molar-refractivity contribution in [3.63, 3.8) is 0 Å². The molecule has 1 N–H and O–H groups in total. The maximum Gasteiger partial charge on any atom is 0.271 e. The van der Waals surface area contributed by atoms with Crippen LogP contribution in [0.2, 0.25) is 0 Å². The quantitative estimate of drug-likeness (QED) is 0.680. The van der Waals surface area contributed by atoms with Crippen LogP contribution in [0.25, 0.3) is 10.8 Å². The van der Waals surface area contributed by atoms with Gasteiger partial charge in [-0.1, -0.05) is 6.07 Å². The molecule has 1 fully saturated rings. The fraction of sp³-hybridized carbons (Fsp3) is 0.333. The largest absolute Gasteiger partial charge is 0.462 e. The van der Waals surface area contributed by atoms with Crippen LogP contribution in [0.3, 0.4) is 0 Å². The molecular weight excluding hydrogens is 393 g/mol. The van der Waals surface area contributed by atoms with Crippen molar-refractivity contribution in [3.05, 3.63) is 59.0 Å². The number of ether oxygens (including phenoxy) is 1. The lowest BCUT2D eigenvalue weighted by molar-refractivity contribution is -0.00539. The predicted octanol–water partition coefficient (Wildman–Crippen LogP) is 4.09. The first-order chi connectivity index (χ1) is 14.0. The van der Waals surface area contributed by atoms with E-state index in [4.69, 9.17) is 9.15 Å². The number of nitrogens with zero attached hydrogens (tertiary/aromatic N) is 2. The summed E-state index contributed by atoms with van der Waals surface area (Å²) in [5.41, 5.74) is 1.56. The second-order valence-corrected chi connectivity index (χ2v) is 8.00. The van der Waals surface area contributed by atoms with Gasteiger partial charge in [-0.25, -0.2) is 9.37 Å². The third-order valence-electron chi connectivity index (χ3n) is 4.69. The zero-order valence-electron chi connectivity index (χ0n) is 16.2. The molecule has 1 aliphatic rings. The molecule has 0 aliphatic carbocycles. The van der Waals surface area contributed by atoms with Gasteiger partial charge in [0.25, 0.3) is 5.91 Å². The predicted molar refractivity (Wildman–Crippen MR) is 110 cm³/mol. The van der Waals surface area contributed by atoms with Gasteiger partial charge in [0.2, 0.25) is 0 Å². The number of morpholine rings is 1. The average Bonchev–Trinajstić information content (AvgIpc) is 3.36. The van der Waals surface area contributed by atoms with Gasteiger partial charge in [-0.05, 0) is 43.7 Å². The van der Waals surface area contributed by atoms with Crippen LogP contribution in [-0.4, -0.2) is 36.2 Å². The second kappa shape index (κ2) is 8.34. The number of nitrogens with one attached hydrogen (secondary N) is 1. The standard InChI is InChI=1S/C21H22FN3O3S/c1-13-10-25(11-14(2)28-13)18-6-5-15(8-16(18)22)9-23-20(26)17-12-29-21(24-17)19-4-3-7-27-19/h3-8,12-14H,9-11H2,1-2H3,(H,23,26). The highest BCUT2D eigenvalue weighted by Crippen LogP contribution is 2.25. The number of carbonyl (C=O) groups excluding carboxylic acids is 1. The third kappa shape index (κ3) is 4.49. The van der Waals surface area contributed by atoms with Crippen LogP contribution in [-0.2, 0) is 11.3 Å². The van der Waals surface area contributed by atoms with Crippen molar-refractivity contribution < 1.29 is 18.3 Å². The van der Waals surface area contributed by atoms with Gasteiger partial charge >= 0.3 is 0 Å². The fourth-order valence-electron chi connectivity index (χ4n) is 3.46. The molecule has 8 heteroatoms. The molecule has 3 heterocycles. The van der Waals surface area contributed by atoms with Crippen LogP contribution in [0.5, 0.6) is 0 Å². The molecule has 2 unspecified atom stereocenters. The molecule has 2 atom stereocenters. The van der Waals surface area contributed by atoms with Crippen LogP contribution in [0.4, 0.5) is 10.1 Å². The van der Waals surface area contributed by atoms with Crippen molar-refractivity contribution in [2.75, 3.05) is 18.0 Å². The van der Waals surface area contributed by atoms with Crippen LogP contribution >= 0.6 is 11.3 Å². The van der Waals surface area contributed by atoms with E-state index in [0.717, 1.165) is 0 Å². The van der Waals surface area contributed by atoms with Crippen LogP contribution < -0.4 is 10.2 Å². The molecule has 1 saturated heterocycles. The lowest BCUT2D eigenvalue weighted by Crippen LogP contribution is -2.45. The molecule has 3 aromatic rings. The molecule has 6 nitrogen and oxygen atoms in total. The smallest absolute Gasteiger partial charge is 0.271 e. The molecule has 0 radical (unpaired) electrons. The van der Waals surface area contributed by atoms with E-state index in [9.17, 15) is 9.18 Å². The molecule has 0 spiro atoms. The summed E-state index contributed by atoms with van der Waals surface area (Å²) in [6.45, 7) is 5.50. The summed E-state index contributed by atoms with van der Waals surface area (Å²) in [5.74, 6) is 0.0182. The fourth-order valence-corrected chi connectivity index (χ4v) is 4.22. The Morgan fingerprint density at radius 2 is 2.10 bits per heavy atom. The number of halogens is 1. The van der Waals surface area contributed by atoms with E-state index in [1.165, 1.54) is 17.4 Å². The highest BCUT2D eigenvalue weighted by atomic mass is 32.1. The SMILES string of the molecule is CC1CN(c2ccc(CNC(=O)c3csc(-c4ccco4)n3)cc2F)CC(C)O1. The number of carbonyl (C=O) groups is 1. The summed E-state index contributed by atoms with van der Waals surface area (Å²) in [6.07, 6.45) is 1.68. The summed E-state index contributed by atoms with van der Waals surface area (Å²) in [6, 6.07) is 8.63. The lowest BCUT2D eigenvalue weighted by Gasteiger charge is -2.37. The number of furan rings is 1. The maximum absolute atomic E-state index is 14.7. The van der Waals surface area contributed by atoms with E-state index in [0.29, 0.717) is 40.8 Å². The maximum atomic E-state index is 14.7. The van der Waals surface area contributed by atoms with E-state index < -0.39 is 0 Å². The zero-order chi connectivity index (χ0) is 20.4. The number of hydrogen-bond acceptors (Lipinski definition) is 6. The van der Waals surface area contributed by atoms with Gasteiger partial charge in [-0.2, -0.15) is 0 Å². The minimum absolute atomic E-state index is 0.0568. The molecule has 1 amide bonds. The number of rotatable bonds is 5. The van der Waals surface area contributed by atoms with Crippen molar-refractivity contribution in [1.29, 1.82) is 0 Å². The topological polar surface area (TPSA) is 67.6 Å². The summed E-state index contributed by atoms with van der Waals surface area (Å²) in [7, 11) is 0. The second-order valence-electron chi connectivity index (χ2n) is 7.15. The summed E-state index contributed by atoms with van der Waals surface area (Å²) >= 11 is 1.34. The number of hydrogen-bond donors (Lipinski definition) is 1. The Kier molecular flexibility index (Phi) is 5.64. The van der Waals surface area contributed by atoms with E-state index in [2.05, 4.69) is 10.3 Å². The monoisotopic (exact) mass is 415 g/mol. The van der Waals surface area contributed by atoms with Crippen LogP contribution in [0.15, 0.2) is 46.4 Å². The minimum Gasteiger partial charge on any atom is -0.462 e. The van der Waals surface area contributed by atoms with E-state index in [1.54, 1.807) is 29.8 Å². The van der Waals surface area contributed by atoms with Crippen molar-refractivity contribution in [2.24, 2.45) is 0 Å². The van der Waals surface area contributed by atoms with Gasteiger partial charge in [0.1, 0.15) is 11.5 Å². The van der Waals surface area contributed by atoms with Gasteiger partial charge in [0, 0.05) is 25.0 Å². The van der Waals surface area contributed by atoms with Gasteiger partial charge in [0.05, 0.1) is 24.2 Å². The number of benzene rings is 1. The Hall–Kier alpha value is -2.71. The van der Waals surface area contributed by atoms with Gasteiger partial charge in [-0.3, -0.25) is 4.79 Å². The van der Waals surface area contributed by atoms with Crippen LogP contribution in [0.1, 0.15) is 29.9 Å². The van der Waals surface area contributed by atoms with E-state index in [1.807, 2.05) is 24.8 Å². The van der Waals surface area contributed by atoms with E-state index in [-0.39, 0.29) is 30.5 Å². The molecule has 2 aromatic heterocycles. The van der Waals surface area contributed by atoms with Crippen molar-refractivity contribution in [2.45, 2.75) is 32.6 Å². The first-order valence-corrected chi connectivity index (χ1v) is 10.3. The first-order valence-electron chi connectivity index (χ1n) is 9.46. The lowest BCUT2D eigenvalue weighted by atomic mass is 10.1. The number of anilines is 1. The molecule has 0 bridgehead atoms. The number of aromatic nitrogens is 1. The van der Waals surface area contributed by atoms with Crippen molar-refractivity contribution in [3.8, 4) is 10.8 Å². The normalized spacial score (nSPS) is 19.3. The Morgan fingerprint density at radius 1 is 1.31 bits per heavy atom. The van der Waals surface area contributed by atoms with Crippen molar-refractivity contribution in [1.82, 2.24) is 10.3 Å². The van der Waals surface area contributed by atoms with E-state index >= 15 is 0 Å². The molecule has 4 rings (SSSR count). The zero-order valence-corrected chi connectivity index (χ0v) is 17.0. The summed E-state index contributed by atoms with van der Waals surface area (Å²) < 4.78 is 25.7. The van der Waals surface area contributed by atoms with Gasteiger partial charge < -0.3 is 19.4 Å². The van der Waals surface area contributed by atoms with Crippen molar-refractivity contribution >= 4 is 22.9 Å². The molecule has 1 aromatic carbocycles. The third-order valence-corrected chi connectivity index (χ3v) is 5.55. The Balaban J connectivity index is 1.39. The summed E-state index contributed by atoms with van der Waals surface area (Å²) in [5, 5.41) is 5.11. The highest BCUT2D eigenvalue weighted by Gasteiger charge is 2.24. The minimum atomic E-state index is -0.306. The summed E-state index contributed by atoms with van der Waals surface area (Å²) in [4.78, 5) is 18.7. The molecule has 0 saturated carbocycles. The average molecular weight is 415 g/mol. The molecule has 1 aliphatic heterocycles. The van der Waals surface area contributed by atoms with Crippen LogP contribution in [0, 0.1) is 5.82 Å². The molecule has 152 valence electrons. The first kappa shape index (κ1) is 19.6.